The van der Waals surface area contributed by atoms with E-state index in [-0.39, 0.29) is 11.9 Å². The van der Waals surface area contributed by atoms with Gasteiger partial charge in [-0.15, -0.1) is 0 Å². The highest BCUT2D eigenvalue weighted by molar-refractivity contribution is 5.29. The molecule has 1 N–H and O–H groups in total. The Kier molecular flexibility index (Phi) is 5.51. The van der Waals surface area contributed by atoms with Gasteiger partial charge in [-0.05, 0) is 36.2 Å². The van der Waals surface area contributed by atoms with Gasteiger partial charge in [0.2, 0.25) is 0 Å². The van der Waals surface area contributed by atoms with Crippen molar-refractivity contribution in [2.75, 3.05) is 7.05 Å². The summed E-state index contributed by atoms with van der Waals surface area (Å²) in [7, 11) is 1.98. The Morgan fingerprint density at radius 2 is 1.57 bits per heavy atom. The van der Waals surface area contributed by atoms with Gasteiger partial charge in [0.15, 0.2) is 0 Å². The molecule has 0 aliphatic carbocycles. The average Bonchev–Trinajstić information content (AvgIpc) is 2.53. The molecule has 0 aromatic heterocycles. The third kappa shape index (κ3) is 3.70. The number of likely N-dealkylation sites (N-methyl/N-ethyl adjacent to an activating group) is 1. The highest BCUT2D eigenvalue weighted by atomic mass is 19.1. The molecule has 2 aromatic rings. The maximum Gasteiger partial charge on any atom is 0.123 e. The molecule has 0 radical (unpaired) electrons. The topological polar surface area (TPSA) is 12.0 Å². The van der Waals surface area contributed by atoms with Crippen LogP contribution in [0.3, 0.4) is 0 Å². The Morgan fingerprint density at radius 1 is 0.952 bits per heavy atom. The van der Waals surface area contributed by atoms with Gasteiger partial charge in [0.05, 0.1) is 0 Å². The van der Waals surface area contributed by atoms with Gasteiger partial charge in [-0.2, -0.15) is 0 Å². The van der Waals surface area contributed by atoms with Crippen molar-refractivity contribution in [2.24, 2.45) is 5.92 Å². The Morgan fingerprint density at radius 3 is 2.10 bits per heavy atom. The van der Waals surface area contributed by atoms with Crippen molar-refractivity contribution in [1.82, 2.24) is 5.32 Å². The molecule has 2 heteroatoms. The van der Waals surface area contributed by atoms with Crippen LogP contribution in [0.5, 0.6) is 0 Å². The Balaban J connectivity index is 2.40. The lowest BCUT2D eigenvalue weighted by Crippen LogP contribution is -2.28. The van der Waals surface area contributed by atoms with Crippen LogP contribution >= 0.6 is 0 Å². The number of hydrogen-bond donors (Lipinski definition) is 1. The number of benzene rings is 2. The van der Waals surface area contributed by atoms with E-state index in [1.165, 1.54) is 5.56 Å². The van der Waals surface area contributed by atoms with Crippen LogP contribution < -0.4 is 5.32 Å². The van der Waals surface area contributed by atoms with Crippen LogP contribution in [0.1, 0.15) is 43.4 Å². The fourth-order valence-corrected chi connectivity index (χ4v) is 3.00. The first-order chi connectivity index (χ1) is 10.2. The highest BCUT2D eigenvalue weighted by Crippen LogP contribution is 2.38. The third-order valence-electron chi connectivity index (χ3n) is 4.34. The van der Waals surface area contributed by atoms with Gasteiger partial charge >= 0.3 is 0 Å². The molecule has 0 heterocycles. The van der Waals surface area contributed by atoms with E-state index in [9.17, 15) is 4.39 Å². The lowest BCUT2D eigenvalue weighted by atomic mass is 9.77. The first kappa shape index (κ1) is 15.7. The molecule has 0 spiro atoms. The smallest absolute Gasteiger partial charge is 0.123 e. The standard InChI is InChI=1S/C19H24FN/c1-4-14(2)18(15-8-6-5-7-9-15)19(21-3)16-10-12-17(20)13-11-16/h5-14,18-19,21H,4H2,1-3H3. The van der Waals surface area contributed by atoms with E-state index in [0.29, 0.717) is 11.8 Å². The van der Waals surface area contributed by atoms with Gasteiger partial charge in [-0.3, -0.25) is 0 Å². The van der Waals surface area contributed by atoms with E-state index in [1.54, 1.807) is 12.1 Å². The van der Waals surface area contributed by atoms with Crippen molar-refractivity contribution in [3.63, 3.8) is 0 Å². The van der Waals surface area contributed by atoms with Gasteiger partial charge in [-0.1, -0.05) is 62.7 Å². The number of rotatable bonds is 6. The molecular weight excluding hydrogens is 261 g/mol. The van der Waals surface area contributed by atoms with Crippen LogP contribution in [0.4, 0.5) is 4.39 Å². The summed E-state index contributed by atoms with van der Waals surface area (Å²) in [4.78, 5) is 0. The third-order valence-corrected chi connectivity index (χ3v) is 4.34. The molecule has 2 aromatic carbocycles. The van der Waals surface area contributed by atoms with Gasteiger partial charge in [-0.25, -0.2) is 4.39 Å². The SMILES string of the molecule is CCC(C)C(c1ccccc1)C(NC)c1ccc(F)cc1. The second kappa shape index (κ2) is 7.37. The van der Waals surface area contributed by atoms with Crippen molar-refractivity contribution < 1.29 is 4.39 Å². The highest BCUT2D eigenvalue weighted by Gasteiger charge is 2.27. The predicted octanol–water partition coefficient (Wildman–Crippen LogP) is 4.92. The summed E-state index contributed by atoms with van der Waals surface area (Å²) < 4.78 is 13.2. The van der Waals surface area contributed by atoms with Crippen LogP contribution in [0.25, 0.3) is 0 Å². The molecule has 0 amide bonds. The summed E-state index contributed by atoms with van der Waals surface area (Å²) >= 11 is 0. The van der Waals surface area contributed by atoms with Crippen molar-refractivity contribution in [1.29, 1.82) is 0 Å². The maximum absolute atomic E-state index is 13.2. The molecule has 0 bridgehead atoms. The van der Waals surface area contributed by atoms with Crippen LogP contribution in [0, 0.1) is 11.7 Å². The van der Waals surface area contributed by atoms with Crippen molar-refractivity contribution >= 4 is 0 Å². The minimum atomic E-state index is -0.187. The molecule has 0 aliphatic rings. The van der Waals surface area contributed by atoms with Crippen LogP contribution in [-0.4, -0.2) is 7.05 Å². The van der Waals surface area contributed by atoms with Crippen molar-refractivity contribution in [2.45, 2.75) is 32.2 Å². The minimum Gasteiger partial charge on any atom is -0.312 e. The molecule has 3 unspecified atom stereocenters. The molecular formula is C19H24FN. The fourth-order valence-electron chi connectivity index (χ4n) is 3.00. The monoisotopic (exact) mass is 285 g/mol. The summed E-state index contributed by atoms with van der Waals surface area (Å²) in [6.07, 6.45) is 1.11. The van der Waals surface area contributed by atoms with Gasteiger partial charge in [0, 0.05) is 12.0 Å². The zero-order valence-corrected chi connectivity index (χ0v) is 13.0. The maximum atomic E-state index is 13.2. The van der Waals surface area contributed by atoms with Crippen LogP contribution in [0.2, 0.25) is 0 Å². The Hall–Kier alpha value is -1.67. The lowest BCUT2D eigenvalue weighted by molar-refractivity contribution is 0.354. The van der Waals surface area contributed by atoms with Crippen LogP contribution in [0.15, 0.2) is 54.6 Å². The van der Waals surface area contributed by atoms with E-state index in [2.05, 4.69) is 43.4 Å². The van der Waals surface area contributed by atoms with E-state index < -0.39 is 0 Å². The first-order valence-electron chi connectivity index (χ1n) is 7.65. The summed E-state index contributed by atoms with van der Waals surface area (Å²) in [6.45, 7) is 4.50. The Bertz CT molecular complexity index is 535. The van der Waals surface area contributed by atoms with Crippen molar-refractivity contribution in [3.05, 3.63) is 71.5 Å². The number of nitrogens with one attached hydrogen (secondary N) is 1. The Labute approximate surface area is 127 Å². The summed E-state index contributed by atoms with van der Waals surface area (Å²) in [5.74, 6) is 0.718. The predicted molar refractivity (Wildman–Crippen MR) is 86.8 cm³/mol. The minimum absolute atomic E-state index is 0.183. The zero-order valence-electron chi connectivity index (χ0n) is 13.0. The van der Waals surface area contributed by atoms with Gasteiger partial charge < -0.3 is 5.32 Å². The lowest BCUT2D eigenvalue weighted by Gasteiger charge is -2.32. The second-order valence-corrected chi connectivity index (χ2v) is 5.64. The van der Waals surface area contributed by atoms with E-state index in [1.807, 2.05) is 25.2 Å². The molecule has 0 aliphatic heterocycles. The number of hydrogen-bond acceptors (Lipinski definition) is 1. The first-order valence-corrected chi connectivity index (χ1v) is 7.65. The molecule has 112 valence electrons. The summed E-state index contributed by atoms with van der Waals surface area (Å²) in [5, 5.41) is 3.43. The number of halogens is 1. The van der Waals surface area contributed by atoms with Crippen molar-refractivity contribution in [3.8, 4) is 0 Å². The zero-order chi connectivity index (χ0) is 15.2. The molecule has 2 rings (SSSR count). The molecule has 0 saturated heterocycles. The summed E-state index contributed by atoms with van der Waals surface area (Å²) in [6, 6.07) is 17.6. The van der Waals surface area contributed by atoms with Crippen LogP contribution in [-0.2, 0) is 0 Å². The molecule has 0 saturated carbocycles. The van der Waals surface area contributed by atoms with E-state index in [0.717, 1.165) is 12.0 Å². The quantitative estimate of drug-likeness (QED) is 0.794. The largest absolute Gasteiger partial charge is 0.312 e. The fraction of sp³-hybridized carbons (Fsp3) is 0.368. The second-order valence-electron chi connectivity index (χ2n) is 5.64. The van der Waals surface area contributed by atoms with Gasteiger partial charge in [0.25, 0.3) is 0 Å². The molecule has 3 atom stereocenters. The molecule has 0 fully saturated rings. The molecule has 1 nitrogen and oxygen atoms in total. The average molecular weight is 285 g/mol. The normalized spacial score (nSPS) is 15.4. The molecule has 21 heavy (non-hydrogen) atoms. The van der Waals surface area contributed by atoms with E-state index >= 15 is 0 Å². The van der Waals surface area contributed by atoms with E-state index in [4.69, 9.17) is 0 Å². The summed E-state index contributed by atoms with van der Waals surface area (Å²) in [5.41, 5.74) is 2.46. The van der Waals surface area contributed by atoms with Gasteiger partial charge in [0.1, 0.15) is 5.82 Å².